The molecule has 3 aromatic rings. The van der Waals surface area contributed by atoms with Crippen molar-refractivity contribution in [3.63, 3.8) is 0 Å². The second-order valence-corrected chi connectivity index (χ2v) is 10.5. The molecule has 3 rings (SSSR count). The van der Waals surface area contributed by atoms with Crippen molar-refractivity contribution in [3.8, 4) is 22.6 Å². The average molecular weight is 605 g/mol. The first-order valence-corrected chi connectivity index (χ1v) is 15.5. The highest BCUT2D eigenvalue weighted by Gasteiger charge is 2.20. The van der Waals surface area contributed by atoms with Gasteiger partial charge in [0.15, 0.2) is 6.10 Å². The minimum Gasteiger partial charge on any atom is -0.494 e. The van der Waals surface area contributed by atoms with Crippen molar-refractivity contribution in [1.82, 2.24) is 0 Å². The van der Waals surface area contributed by atoms with E-state index in [9.17, 15) is 14.4 Å². The number of rotatable bonds is 19. The zero-order valence-electron chi connectivity index (χ0n) is 26.0. The van der Waals surface area contributed by atoms with E-state index in [0.29, 0.717) is 12.2 Å². The van der Waals surface area contributed by atoms with Crippen molar-refractivity contribution in [2.24, 2.45) is 0 Å². The molecule has 0 aliphatic rings. The van der Waals surface area contributed by atoms with Crippen LogP contribution in [0, 0.1) is 0 Å². The second kappa shape index (κ2) is 19.2. The average Bonchev–Trinajstić information content (AvgIpc) is 3.04. The van der Waals surface area contributed by atoms with Crippen LogP contribution >= 0.6 is 0 Å². The number of benzene rings is 3. The van der Waals surface area contributed by atoms with Crippen LogP contribution in [0.4, 0.5) is 0 Å². The number of hydrogen-bond donors (Lipinski definition) is 0. The lowest BCUT2D eigenvalue weighted by molar-refractivity contribution is -0.154. The molecular formula is C36H44O8. The van der Waals surface area contributed by atoms with Crippen LogP contribution in [0.2, 0.25) is 0 Å². The van der Waals surface area contributed by atoms with Crippen molar-refractivity contribution in [2.75, 3.05) is 26.4 Å². The predicted octanol–water partition coefficient (Wildman–Crippen LogP) is 7.83. The fraction of sp³-hybridized carbons (Fsp3) is 0.417. The summed E-state index contributed by atoms with van der Waals surface area (Å²) in [5, 5.41) is 0. The number of hydrogen-bond acceptors (Lipinski definition) is 8. The highest BCUT2D eigenvalue weighted by Crippen LogP contribution is 2.24. The van der Waals surface area contributed by atoms with E-state index in [2.05, 4.69) is 6.92 Å². The van der Waals surface area contributed by atoms with Gasteiger partial charge in [-0.05, 0) is 79.4 Å². The summed E-state index contributed by atoms with van der Waals surface area (Å²) >= 11 is 0. The zero-order chi connectivity index (χ0) is 31.6. The van der Waals surface area contributed by atoms with Gasteiger partial charge in [0.05, 0.1) is 24.3 Å². The largest absolute Gasteiger partial charge is 0.494 e. The van der Waals surface area contributed by atoms with E-state index >= 15 is 0 Å². The van der Waals surface area contributed by atoms with E-state index in [4.69, 9.17) is 23.7 Å². The van der Waals surface area contributed by atoms with E-state index in [1.807, 2.05) is 43.3 Å². The summed E-state index contributed by atoms with van der Waals surface area (Å²) in [7, 11) is 0. The smallest absolute Gasteiger partial charge is 0.347 e. The molecule has 0 bridgehead atoms. The topological polar surface area (TPSA) is 97.4 Å². The third-order valence-electron chi connectivity index (χ3n) is 6.81. The Kier molecular flexibility index (Phi) is 15.0. The number of unbranched alkanes of at least 4 members (excludes halogenated alkanes) is 5. The van der Waals surface area contributed by atoms with Crippen LogP contribution in [0.3, 0.4) is 0 Å². The molecule has 8 heteroatoms. The third kappa shape index (κ3) is 11.8. The molecule has 44 heavy (non-hydrogen) atoms. The molecule has 1 atom stereocenters. The molecule has 0 amide bonds. The number of esters is 3. The van der Waals surface area contributed by atoms with Crippen LogP contribution < -0.4 is 9.47 Å². The Morgan fingerprint density at radius 1 is 0.591 bits per heavy atom. The minimum atomic E-state index is -1.07. The monoisotopic (exact) mass is 604 g/mol. The summed E-state index contributed by atoms with van der Waals surface area (Å²) in [6, 6.07) is 21.0. The molecule has 0 aromatic heterocycles. The Bertz CT molecular complexity index is 1280. The fourth-order valence-corrected chi connectivity index (χ4v) is 4.28. The van der Waals surface area contributed by atoms with Crippen LogP contribution in [0.5, 0.6) is 11.5 Å². The lowest BCUT2D eigenvalue weighted by atomic mass is 10.0. The molecule has 0 heterocycles. The summed E-state index contributed by atoms with van der Waals surface area (Å²) in [6.07, 6.45) is 7.18. The van der Waals surface area contributed by atoms with E-state index in [1.165, 1.54) is 63.3 Å². The molecule has 3 aromatic carbocycles. The fourth-order valence-electron chi connectivity index (χ4n) is 4.28. The van der Waals surface area contributed by atoms with E-state index in [0.717, 1.165) is 36.3 Å². The predicted molar refractivity (Wildman–Crippen MR) is 169 cm³/mol. The summed E-state index contributed by atoms with van der Waals surface area (Å²) in [5.74, 6) is -0.749. The minimum absolute atomic E-state index is 0.0887. The van der Waals surface area contributed by atoms with Crippen molar-refractivity contribution in [3.05, 3.63) is 83.9 Å². The quantitative estimate of drug-likeness (QED) is 0.0776. The molecular weight excluding hydrogens is 560 g/mol. The maximum absolute atomic E-state index is 12.7. The van der Waals surface area contributed by atoms with Crippen molar-refractivity contribution in [1.29, 1.82) is 0 Å². The number of ether oxygens (including phenoxy) is 5. The van der Waals surface area contributed by atoms with Gasteiger partial charge >= 0.3 is 17.9 Å². The van der Waals surface area contributed by atoms with Gasteiger partial charge in [-0.2, -0.15) is 0 Å². The molecule has 0 saturated carbocycles. The first-order chi connectivity index (χ1) is 21.4. The van der Waals surface area contributed by atoms with Gasteiger partial charge in [0.25, 0.3) is 0 Å². The van der Waals surface area contributed by atoms with E-state index in [-0.39, 0.29) is 24.5 Å². The van der Waals surface area contributed by atoms with E-state index < -0.39 is 24.0 Å². The first kappa shape index (κ1) is 34.3. The first-order valence-electron chi connectivity index (χ1n) is 15.5. The Hall–Kier alpha value is -4.17. The molecule has 0 N–H and O–H groups in total. The number of carbonyl (C=O) groups is 3. The van der Waals surface area contributed by atoms with Crippen LogP contribution in [0.15, 0.2) is 72.8 Å². The Balaban J connectivity index is 1.43. The van der Waals surface area contributed by atoms with Crippen LogP contribution in [0.25, 0.3) is 11.1 Å². The standard InChI is InChI=1S/C36H44O8/c1-4-6-7-8-9-10-24-41-32-19-15-29(16-20-32)28-11-13-30(14-12-28)36(39)44-33-21-17-31(18-22-33)35(38)43-27(3)34(37)42-26-25-40-23-5-2/h11-22,27H,4-10,23-26H2,1-3H3. The molecule has 0 radical (unpaired) electrons. The Morgan fingerprint density at radius 2 is 1.16 bits per heavy atom. The highest BCUT2D eigenvalue weighted by molar-refractivity contribution is 5.93. The third-order valence-corrected chi connectivity index (χ3v) is 6.81. The molecule has 0 aliphatic heterocycles. The van der Waals surface area contributed by atoms with E-state index in [1.54, 1.807) is 12.1 Å². The van der Waals surface area contributed by atoms with Crippen molar-refractivity contribution >= 4 is 17.9 Å². The van der Waals surface area contributed by atoms with Gasteiger partial charge in [-0.15, -0.1) is 0 Å². The summed E-state index contributed by atoms with van der Waals surface area (Å²) in [4.78, 5) is 37.2. The molecule has 0 saturated heterocycles. The van der Waals surface area contributed by atoms with Crippen LogP contribution in [-0.2, 0) is 19.0 Å². The van der Waals surface area contributed by atoms with Crippen LogP contribution in [0.1, 0.15) is 86.4 Å². The van der Waals surface area contributed by atoms with Gasteiger partial charge in [0.2, 0.25) is 0 Å². The molecule has 8 nitrogen and oxygen atoms in total. The lowest BCUT2D eigenvalue weighted by Gasteiger charge is -2.13. The van der Waals surface area contributed by atoms with Gasteiger partial charge in [0, 0.05) is 6.61 Å². The summed E-state index contributed by atoms with van der Waals surface area (Å²) in [6.45, 7) is 7.33. The molecule has 1 unspecified atom stereocenters. The number of carbonyl (C=O) groups excluding carboxylic acids is 3. The van der Waals surface area contributed by atoms with Gasteiger partial charge in [0.1, 0.15) is 18.1 Å². The van der Waals surface area contributed by atoms with Crippen LogP contribution in [-0.4, -0.2) is 50.4 Å². The Labute approximate surface area is 260 Å². The summed E-state index contributed by atoms with van der Waals surface area (Å²) in [5.41, 5.74) is 2.58. The van der Waals surface area contributed by atoms with Gasteiger partial charge < -0.3 is 23.7 Å². The SMILES string of the molecule is CCCCCCCCOc1ccc(-c2ccc(C(=O)Oc3ccc(C(=O)OC(C)C(=O)OCCOCCC)cc3)cc2)cc1. The molecule has 0 spiro atoms. The maximum atomic E-state index is 12.7. The zero-order valence-corrected chi connectivity index (χ0v) is 26.0. The van der Waals surface area contributed by atoms with Crippen molar-refractivity contribution < 1.29 is 38.1 Å². The van der Waals surface area contributed by atoms with Crippen molar-refractivity contribution in [2.45, 2.75) is 71.8 Å². The normalized spacial score (nSPS) is 11.4. The van der Waals surface area contributed by atoms with Gasteiger partial charge in [-0.1, -0.05) is 70.2 Å². The molecule has 0 aliphatic carbocycles. The molecule has 236 valence electrons. The van der Waals surface area contributed by atoms with Gasteiger partial charge in [-0.25, -0.2) is 14.4 Å². The Morgan fingerprint density at radius 3 is 1.82 bits per heavy atom. The summed E-state index contributed by atoms with van der Waals surface area (Å²) < 4.78 is 26.8. The lowest BCUT2D eigenvalue weighted by Crippen LogP contribution is -2.27. The van der Waals surface area contributed by atoms with Gasteiger partial charge in [-0.3, -0.25) is 0 Å². The molecule has 0 fully saturated rings. The highest BCUT2D eigenvalue weighted by atomic mass is 16.6. The second-order valence-electron chi connectivity index (χ2n) is 10.5. The maximum Gasteiger partial charge on any atom is 0.347 e.